The highest BCUT2D eigenvalue weighted by atomic mass is 16.3. The van der Waals surface area contributed by atoms with Crippen LogP contribution in [0.25, 0.3) is 66.1 Å². The molecule has 9 aromatic rings. The SMILES string of the molecule is Cc1ccc(N(c2ccc(-c3cc(C(C)(C)O)c(-c4cccc5ccccc45)cc3C(C)(C)O)cc2)c2ccc(-c3ccc(-c4cccc5ccccc45)c(C(C)(C)O)c3)c(C(C)(C)O)c2)cc1. The Kier molecular flexibility index (Phi) is 11.8. The molecule has 0 radical (unpaired) electrons. The molecule has 0 atom stereocenters. The third kappa shape index (κ3) is 8.99. The monoisotopic (exact) mass is 895 g/mol. The number of aryl methyl sites for hydroxylation is 1. The van der Waals surface area contributed by atoms with E-state index in [0.717, 1.165) is 111 Å². The number of hydrogen-bond acceptors (Lipinski definition) is 5. The lowest BCUT2D eigenvalue weighted by molar-refractivity contribution is 0.0753. The molecule has 0 aromatic heterocycles. The molecule has 0 saturated heterocycles. The van der Waals surface area contributed by atoms with E-state index in [2.05, 4.69) is 157 Å². The summed E-state index contributed by atoms with van der Waals surface area (Å²) in [6.45, 7) is 16.6. The van der Waals surface area contributed by atoms with Gasteiger partial charge in [-0.05, 0) is 205 Å². The molecule has 9 rings (SSSR count). The van der Waals surface area contributed by atoms with Gasteiger partial charge in [-0.3, -0.25) is 0 Å². The fourth-order valence-electron chi connectivity index (χ4n) is 9.81. The number of aliphatic hydroxyl groups is 4. The summed E-state index contributed by atoms with van der Waals surface area (Å²) in [7, 11) is 0. The van der Waals surface area contributed by atoms with E-state index >= 15 is 0 Å². The Balaban J connectivity index is 1.17. The van der Waals surface area contributed by atoms with Crippen LogP contribution in [0, 0.1) is 6.92 Å². The van der Waals surface area contributed by atoms with Gasteiger partial charge in [-0.25, -0.2) is 0 Å². The van der Waals surface area contributed by atoms with Crippen LogP contribution in [-0.4, -0.2) is 20.4 Å². The molecule has 0 aliphatic rings. The van der Waals surface area contributed by atoms with Gasteiger partial charge in [-0.1, -0.05) is 133 Å². The first-order chi connectivity index (χ1) is 32.2. The predicted octanol–water partition coefficient (Wildman–Crippen LogP) is 15.3. The van der Waals surface area contributed by atoms with Crippen molar-refractivity contribution in [3.63, 3.8) is 0 Å². The lowest BCUT2D eigenvalue weighted by Crippen LogP contribution is -2.21. The van der Waals surface area contributed by atoms with Crippen molar-refractivity contribution in [2.24, 2.45) is 0 Å². The highest BCUT2D eigenvalue weighted by Crippen LogP contribution is 2.46. The van der Waals surface area contributed by atoms with Crippen molar-refractivity contribution >= 4 is 38.6 Å². The lowest BCUT2D eigenvalue weighted by atomic mass is 9.80. The molecule has 9 aromatic carbocycles. The van der Waals surface area contributed by atoms with Gasteiger partial charge in [0, 0.05) is 17.1 Å². The molecule has 0 bridgehead atoms. The molecule has 0 amide bonds. The van der Waals surface area contributed by atoms with Crippen LogP contribution in [-0.2, 0) is 22.4 Å². The van der Waals surface area contributed by atoms with Gasteiger partial charge in [0.05, 0.1) is 22.4 Å². The van der Waals surface area contributed by atoms with Crippen molar-refractivity contribution < 1.29 is 20.4 Å². The number of hydrogen-bond donors (Lipinski definition) is 4. The second-order valence-electron chi connectivity index (χ2n) is 20.4. The summed E-state index contributed by atoms with van der Waals surface area (Å²) in [6.07, 6.45) is 0. The second-order valence-corrected chi connectivity index (χ2v) is 20.4. The zero-order valence-electron chi connectivity index (χ0n) is 40.6. The Morgan fingerprint density at radius 3 is 1.25 bits per heavy atom. The van der Waals surface area contributed by atoms with Crippen LogP contribution in [0.15, 0.2) is 182 Å². The molecule has 0 heterocycles. The minimum absolute atomic E-state index is 0.739. The van der Waals surface area contributed by atoms with Gasteiger partial charge in [0.1, 0.15) is 0 Å². The Morgan fingerprint density at radius 1 is 0.309 bits per heavy atom. The molecule has 0 spiro atoms. The molecule has 0 unspecified atom stereocenters. The van der Waals surface area contributed by atoms with Crippen molar-refractivity contribution in [3.05, 3.63) is 210 Å². The second kappa shape index (κ2) is 17.3. The highest BCUT2D eigenvalue weighted by molar-refractivity contribution is 5.99. The van der Waals surface area contributed by atoms with Gasteiger partial charge in [0.2, 0.25) is 0 Å². The molecular weight excluding hydrogens is 835 g/mol. The maximum atomic E-state index is 12.0. The maximum absolute atomic E-state index is 12.0. The van der Waals surface area contributed by atoms with Gasteiger partial charge in [-0.2, -0.15) is 0 Å². The van der Waals surface area contributed by atoms with E-state index in [9.17, 15) is 20.4 Å². The van der Waals surface area contributed by atoms with Crippen molar-refractivity contribution in [1.82, 2.24) is 0 Å². The quantitative estimate of drug-likeness (QED) is 0.104. The molecule has 0 saturated carbocycles. The summed E-state index contributed by atoms with van der Waals surface area (Å²) in [5.41, 5.74) is 9.46. The average Bonchev–Trinajstić information content (AvgIpc) is 3.30. The van der Waals surface area contributed by atoms with E-state index in [4.69, 9.17) is 0 Å². The van der Waals surface area contributed by atoms with Crippen molar-refractivity contribution in [1.29, 1.82) is 0 Å². The number of rotatable bonds is 11. The van der Waals surface area contributed by atoms with Crippen LogP contribution < -0.4 is 4.90 Å². The molecule has 5 nitrogen and oxygen atoms in total. The molecule has 4 N–H and O–H groups in total. The molecule has 0 fully saturated rings. The molecule has 68 heavy (non-hydrogen) atoms. The first-order valence-corrected chi connectivity index (χ1v) is 23.5. The zero-order chi connectivity index (χ0) is 48.3. The van der Waals surface area contributed by atoms with Gasteiger partial charge >= 0.3 is 0 Å². The molecule has 5 heteroatoms. The van der Waals surface area contributed by atoms with Crippen LogP contribution in [0.2, 0.25) is 0 Å². The van der Waals surface area contributed by atoms with E-state index in [0.29, 0.717) is 0 Å². The predicted molar refractivity (Wildman–Crippen MR) is 284 cm³/mol. The number of fused-ring (bicyclic) bond motifs is 2. The largest absolute Gasteiger partial charge is 0.386 e. The van der Waals surface area contributed by atoms with Crippen LogP contribution in [0.4, 0.5) is 17.1 Å². The molecule has 342 valence electrons. The summed E-state index contributed by atoms with van der Waals surface area (Å²) in [5, 5.41) is 51.7. The normalized spacial score (nSPS) is 12.5. The van der Waals surface area contributed by atoms with Crippen molar-refractivity contribution in [2.45, 2.75) is 84.7 Å². The van der Waals surface area contributed by atoms with E-state index in [1.807, 2.05) is 91.8 Å². The van der Waals surface area contributed by atoms with Crippen LogP contribution in [0.3, 0.4) is 0 Å². The summed E-state index contributed by atoms with van der Waals surface area (Å²) >= 11 is 0. The third-order valence-electron chi connectivity index (χ3n) is 13.3. The third-order valence-corrected chi connectivity index (χ3v) is 13.3. The number of anilines is 3. The Morgan fingerprint density at radius 2 is 0.706 bits per heavy atom. The number of nitrogens with zero attached hydrogens (tertiary/aromatic N) is 1. The van der Waals surface area contributed by atoms with Crippen molar-refractivity contribution in [3.8, 4) is 44.5 Å². The molecule has 0 aliphatic carbocycles. The maximum Gasteiger partial charge on any atom is 0.0847 e. The van der Waals surface area contributed by atoms with E-state index in [1.54, 1.807) is 0 Å². The van der Waals surface area contributed by atoms with E-state index in [1.165, 1.54) is 0 Å². The zero-order valence-corrected chi connectivity index (χ0v) is 40.6. The smallest absolute Gasteiger partial charge is 0.0847 e. The molecular formula is C63H61NO4. The fourth-order valence-corrected chi connectivity index (χ4v) is 9.81. The van der Waals surface area contributed by atoms with Gasteiger partial charge in [0.25, 0.3) is 0 Å². The summed E-state index contributed by atoms with van der Waals surface area (Å²) in [4.78, 5) is 2.19. The minimum atomic E-state index is -1.23. The standard InChI is InChI=1S/C63H61NO4/c1-40-24-29-45(30-25-40)64(46-31-26-43(27-32-46)54-38-59(63(8,9)68)55(39-58(54)62(6,7)67)52-23-15-19-42-17-11-13-21-49(42)52)47-33-35-50(57(37-47)61(4,5)66)44-28-34-53(56(36-44)60(2,3)65)51-22-14-18-41-16-10-12-20-48(41)51/h10-39,65-68H,1-9H3. The topological polar surface area (TPSA) is 84.2 Å². The van der Waals surface area contributed by atoms with Crippen molar-refractivity contribution in [2.75, 3.05) is 4.90 Å². The summed E-state index contributed by atoms with van der Waals surface area (Å²) < 4.78 is 0. The summed E-state index contributed by atoms with van der Waals surface area (Å²) in [6, 6.07) is 62.4. The first-order valence-electron chi connectivity index (χ1n) is 23.5. The Bertz CT molecular complexity index is 3310. The fraction of sp³-hybridized carbons (Fsp3) is 0.206. The van der Waals surface area contributed by atoms with E-state index < -0.39 is 22.4 Å². The molecule has 0 aliphatic heterocycles. The minimum Gasteiger partial charge on any atom is -0.386 e. The Labute approximate surface area is 401 Å². The summed E-state index contributed by atoms with van der Waals surface area (Å²) in [5.74, 6) is 0. The van der Waals surface area contributed by atoms with Gasteiger partial charge in [0.15, 0.2) is 0 Å². The Hall–Kier alpha value is -6.86. The van der Waals surface area contributed by atoms with E-state index in [-0.39, 0.29) is 0 Å². The van der Waals surface area contributed by atoms with Gasteiger partial charge in [-0.15, -0.1) is 0 Å². The van der Waals surface area contributed by atoms with Gasteiger partial charge < -0.3 is 25.3 Å². The van der Waals surface area contributed by atoms with Crippen LogP contribution in [0.1, 0.15) is 83.2 Å². The number of benzene rings is 9. The highest BCUT2D eigenvalue weighted by Gasteiger charge is 2.30. The first kappa shape index (κ1) is 46.3. The lowest BCUT2D eigenvalue weighted by Gasteiger charge is -2.30. The van der Waals surface area contributed by atoms with Crippen LogP contribution in [0.5, 0.6) is 0 Å². The average molecular weight is 896 g/mol. The van der Waals surface area contributed by atoms with Crippen LogP contribution >= 0.6 is 0 Å².